The maximum Gasteiger partial charge on any atom is 0.215 e. The average Bonchev–Trinajstić information content (AvgIpc) is 2.62. The lowest BCUT2D eigenvalue weighted by molar-refractivity contribution is -0.0291. The van der Waals surface area contributed by atoms with Crippen LogP contribution in [-0.2, 0) is 20.5 Å². The summed E-state index contributed by atoms with van der Waals surface area (Å²) in [7, 11) is -3.38. The van der Waals surface area contributed by atoms with Gasteiger partial charge in [0, 0.05) is 31.2 Å². The highest BCUT2D eigenvalue weighted by Crippen LogP contribution is 2.21. The van der Waals surface area contributed by atoms with Gasteiger partial charge in [-0.25, -0.2) is 13.1 Å². The second kappa shape index (κ2) is 8.97. The molecule has 1 atom stereocenters. The van der Waals surface area contributed by atoms with Crippen molar-refractivity contribution in [3.05, 3.63) is 70.7 Å². The lowest BCUT2D eigenvalue weighted by atomic mass is 10.1. The zero-order chi connectivity index (χ0) is 18.4. The molecular formula is C19H23ClN2O3S. The van der Waals surface area contributed by atoms with Crippen LogP contribution in [0.2, 0.25) is 5.02 Å². The fourth-order valence-corrected chi connectivity index (χ4v) is 4.37. The number of ether oxygens (including phenoxy) is 1. The molecule has 1 aliphatic heterocycles. The van der Waals surface area contributed by atoms with E-state index in [9.17, 15) is 8.42 Å². The summed E-state index contributed by atoms with van der Waals surface area (Å²) in [6.45, 7) is 3.25. The topological polar surface area (TPSA) is 58.6 Å². The standard InChI is InChI=1S/C19H23ClN2O3S/c20-18-8-4-5-16(13-18)15-26(23,24)21-9-10-22-11-12-25-19(14-22)17-6-2-1-3-7-17/h1-8,13,19,21H,9-12,14-15H2. The van der Waals surface area contributed by atoms with Crippen LogP contribution in [0.5, 0.6) is 0 Å². The summed E-state index contributed by atoms with van der Waals surface area (Å²) in [5.74, 6) is -0.0662. The van der Waals surface area contributed by atoms with Gasteiger partial charge in [-0.1, -0.05) is 54.1 Å². The highest BCUT2D eigenvalue weighted by Gasteiger charge is 2.22. The average molecular weight is 395 g/mol. The van der Waals surface area contributed by atoms with Gasteiger partial charge in [0.15, 0.2) is 0 Å². The summed E-state index contributed by atoms with van der Waals surface area (Å²) in [5.41, 5.74) is 1.83. The van der Waals surface area contributed by atoms with E-state index in [0.29, 0.717) is 30.3 Å². The van der Waals surface area contributed by atoms with Crippen LogP contribution in [0.1, 0.15) is 17.2 Å². The Morgan fingerprint density at radius 1 is 1.15 bits per heavy atom. The highest BCUT2D eigenvalue weighted by atomic mass is 35.5. The summed E-state index contributed by atoms with van der Waals surface area (Å²) >= 11 is 5.91. The minimum Gasteiger partial charge on any atom is -0.371 e. The van der Waals surface area contributed by atoms with E-state index < -0.39 is 10.0 Å². The van der Waals surface area contributed by atoms with Crippen LogP contribution < -0.4 is 4.72 Å². The van der Waals surface area contributed by atoms with Gasteiger partial charge >= 0.3 is 0 Å². The third-order valence-electron chi connectivity index (χ3n) is 4.32. The molecule has 0 radical (unpaired) electrons. The number of nitrogens with zero attached hydrogens (tertiary/aromatic N) is 1. The zero-order valence-corrected chi connectivity index (χ0v) is 16.0. The molecule has 2 aromatic rings. The molecular weight excluding hydrogens is 372 g/mol. The van der Waals surface area contributed by atoms with E-state index in [1.54, 1.807) is 24.3 Å². The number of sulfonamides is 1. The van der Waals surface area contributed by atoms with Crippen molar-refractivity contribution in [3.8, 4) is 0 Å². The van der Waals surface area contributed by atoms with Crippen LogP contribution in [0.15, 0.2) is 54.6 Å². The summed E-state index contributed by atoms with van der Waals surface area (Å²) in [5, 5.41) is 0.540. The molecule has 0 amide bonds. The Morgan fingerprint density at radius 2 is 1.96 bits per heavy atom. The summed E-state index contributed by atoms with van der Waals surface area (Å²) in [6, 6.07) is 17.0. The number of benzene rings is 2. The summed E-state index contributed by atoms with van der Waals surface area (Å²) in [6.07, 6.45) is 0.0352. The number of halogens is 1. The van der Waals surface area contributed by atoms with Crippen molar-refractivity contribution in [2.24, 2.45) is 0 Å². The van der Waals surface area contributed by atoms with Crippen molar-refractivity contribution >= 4 is 21.6 Å². The number of nitrogens with one attached hydrogen (secondary N) is 1. The van der Waals surface area contributed by atoms with Crippen molar-refractivity contribution in [2.75, 3.05) is 32.8 Å². The van der Waals surface area contributed by atoms with Crippen molar-refractivity contribution in [3.63, 3.8) is 0 Å². The Kier molecular flexibility index (Phi) is 6.67. The number of morpholine rings is 1. The van der Waals surface area contributed by atoms with Crippen LogP contribution in [0.4, 0.5) is 0 Å². The van der Waals surface area contributed by atoms with Crippen LogP contribution in [0.25, 0.3) is 0 Å². The fraction of sp³-hybridized carbons (Fsp3) is 0.368. The highest BCUT2D eigenvalue weighted by molar-refractivity contribution is 7.88. The van der Waals surface area contributed by atoms with Crippen LogP contribution >= 0.6 is 11.6 Å². The van der Waals surface area contributed by atoms with E-state index in [1.807, 2.05) is 18.2 Å². The molecule has 0 spiro atoms. The quantitative estimate of drug-likeness (QED) is 0.784. The van der Waals surface area contributed by atoms with E-state index in [2.05, 4.69) is 21.8 Å². The monoisotopic (exact) mass is 394 g/mol. The van der Waals surface area contributed by atoms with E-state index in [4.69, 9.17) is 16.3 Å². The molecule has 7 heteroatoms. The zero-order valence-electron chi connectivity index (χ0n) is 14.5. The lowest BCUT2D eigenvalue weighted by Crippen LogP contribution is -2.42. The van der Waals surface area contributed by atoms with Crippen LogP contribution in [0, 0.1) is 0 Å². The van der Waals surface area contributed by atoms with Crippen molar-refractivity contribution < 1.29 is 13.2 Å². The van der Waals surface area contributed by atoms with Gasteiger partial charge < -0.3 is 4.74 Å². The Balaban J connectivity index is 1.48. The predicted molar refractivity (Wildman–Crippen MR) is 104 cm³/mol. The molecule has 1 fully saturated rings. The summed E-state index contributed by atoms with van der Waals surface area (Å²) in [4.78, 5) is 2.23. The van der Waals surface area contributed by atoms with Crippen molar-refractivity contribution in [1.29, 1.82) is 0 Å². The Labute approximate surface area is 160 Å². The SMILES string of the molecule is O=S(=O)(Cc1cccc(Cl)c1)NCCN1CCOC(c2ccccc2)C1. The second-order valence-electron chi connectivity index (χ2n) is 6.35. The minimum atomic E-state index is -3.38. The first-order valence-electron chi connectivity index (χ1n) is 8.62. The van der Waals surface area contributed by atoms with E-state index in [0.717, 1.165) is 18.7 Å². The predicted octanol–water partition coefficient (Wildman–Crippen LogP) is 2.83. The molecule has 1 saturated heterocycles. The van der Waals surface area contributed by atoms with Gasteiger partial charge in [0.25, 0.3) is 0 Å². The molecule has 3 rings (SSSR count). The van der Waals surface area contributed by atoms with Crippen LogP contribution in [-0.4, -0.2) is 46.1 Å². The van der Waals surface area contributed by atoms with Gasteiger partial charge in [0.05, 0.1) is 18.5 Å². The first kappa shape index (κ1) is 19.3. The van der Waals surface area contributed by atoms with Gasteiger partial charge in [-0.3, -0.25) is 4.90 Å². The lowest BCUT2D eigenvalue weighted by Gasteiger charge is -2.33. The smallest absolute Gasteiger partial charge is 0.215 e. The van der Waals surface area contributed by atoms with Crippen LogP contribution in [0.3, 0.4) is 0 Å². The Morgan fingerprint density at radius 3 is 2.73 bits per heavy atom. The third kappa shape index (κ3) is 5.79. The molecule has 1 heterocycles. The first-order valence-corrected chi connectivity index (χ1v) is 10.7. The van der Waals surface area contributed by atoms with Gasteiger partial charge in [0.2, 0.25) is 10.0 Å². The molecule has 0 saturated carbocycles. The first-order chi connectivity index (χ1) is 12.5. The molecule has 2 aromatic carbocycles. The van der Waals surface area contributed by atoms with Gasteiger partial charge in [0.1, 0.15) is 0 Å². The molecule has 0 aliphatic carbocycles. The van der Waals surface area contributed by atoms with Gasteiger partial charge in [-0.15, -0.1) is 0 Å². The molecule has 0 bridgehead atoms. The molecule has 1 N–H and O–H groups in total. The van der Waals surface area contributed by atoms with E-state index in [1.165, 1.54) is 0 Å². The van der Waals surface area contributed by atoms with E-state index >= 15 is 0 Å². The molecule has 1 aliphatic rings. The van der Waals surface area contributed by atoms with Crippen molar-refractivity contribution in [2.45, 2.75) is 11.9 Å². The minimum absolute atomic E-state index is 0.0352. The number of hydrogen-bond acceptors (Lipinski definition) is 4. The van der Waals surface area contributed by atoms with Crippen molar-refractivity contribution in [1.82, 2.24) is 9.62 Å². The third-order valence-corrected chi connectivity index (χ3v) is 5.91. The Hall–Kier alpha value is -1.44. The maximum absolute atomic E-state index is 12.2. The Bertz CT molecular complexity index is 815. The molecule has 1 unspecified atom stereocenters. The largest absolute Gasteiger partial charge is 0.371 e. The number of hydrogen-bond donors (Lipinski definition) is 1. The molecule has 140 valence electrons. The van der Waals surface area contributed by atoms with E-state index in [-0.39, 0.29) is 11.9 Å². The van der Waals surface area contributed by atoms with Gasteiger partial charge in [-0.2, -0.15) is 0 Å². The molecule has 5 nitrogen and oxygen atoms in total. The normalized spacial score (nSPS) is 18.7. The number of rotatable bonds is 7. The van der Waals surface area contributed by atoms with Gasteiger partial charge in [-0.05, 0) is 23.3 Å². The second-order valence-corrected chi connectivity index (χ2v) is 8.60. The maximum atomic E-state index is 12.2. The molecule has 0 aromatic heterocycles. The summed E-state index contributed by atoms with van der Waals surface area (Å²) < 4.78 is 33.0. The molecule has 26 heavy (non-hydrogen) atoms. The fourth-order valence-electron chi connectivity index (χ4n) is 3.03.